The summed E-state index contributed by atoms with van der Waals surface area (Å²) in [6, 6.07) is 14.8. The number of thiophene rings is 1. The molecule has 0 saturated carbocycles. The Morgan fingerprint density at radius 3 is 2.55 bits per heavy atom. The van der Waals surface area contributed by atoms with Crippen LogP contribution in [0, 0.1) is 0 Å². The lowest BCUT2D eigenvalue weighted by atomic mass is 10.1. The van der Waals surface area contributed by atoms with E-state index in [-0.39, 0.29) is 33.6 Å². The van der Waals surface area contributed by atoms with Crippen LogP contribution in [0.3, 0.4) is 0 Å². The number of ether oxygens (including phenoxy) is 2. The fraction of sp³-hybridized carbons (Fsp3) is 0.148. The highest BCUT2D eigenvalue weighted by Gasteiger charge is 2.24. The molecule has 38 heavy (non-hydrogen) atoms. The lowest BCUT2D eigenvalue weighted by molar-refractivity contribution is 0.0520. The molecule has 0 radical (unpaired) electrons. The Kier molecular flexibility index (Phi) is 6.75. The lowest BCUT2D eigenvalue weighted by Crippen LogP contribution is -2.26. The molecule has 11 heteroatoms. The third kappa shape index (κ3) is 4.55. The molecule has 2 aromatic carbocycles. The summed E-state index contributed by atoms with van der Waals surface area (Å²) in [6.45, 7) is 4.10. The molecule has 192 valence electrons. The molecule has 0 spiro atoms. The molecule has 5 aromatic rings. The SMILES string of the molecule is CCOC(=O)c1nn(-c2ccc(OCC)cc2)c(=O)c2c(NC(=O)c3cc4ccccc4oc3=O)scc12. The van der Waals surface area contributed by atoms with Crippen LogP contribution in [0.1, 0.15) is 34.7 Å². The molecular formula is C27H21N3O7S. The van der Waals surface area contributed by atoms with Gasteiger partial charge in [-0.2, -0.15) is 9.78 Å². The van der Waals surface area contributed by atoms with Gasteiger partial charge in [-0.05, 0) is 50.2 Å². The Labute approximate surface area is 219 Å². The Hall–Kier alpha value is -4.77. The normalized spacial score (nSPS) is 11.0. The van der Waals surface area contributed by atoms with Gasteiger partial charge < -0.3 is 19.2 Å². The van der Waals surface area contributed by atoms with Crippen LogP contribution >= 0.6 is 11.3 Å². The Balaban J connectivity index is 1.62. The monoisotopic (exact) mass is 531 g/mol. The molecule has 0 aliphatic heterocycles. The number of esters is 1. The summed E-state index contributed by atoms with van der Waals surface area (Å²) < 4.78 is 17.0. The first kappa shape index (κ1) is 24.9. The van der Waals surface area contributed by atoms with Gasteiger partial charge in [0.25, 0.3) is 11.5 Å². The van der Waals surface area contributed by atoms with Crippen molar-refractivity contribution in [2.75, 3.05) is 18.5 Å². The fourth-order valence-electron chi connectivity index (χ4n) is 3.91. The quantitative estimate of drug-likeness (QED) is 0.242. The van der Waals surface area contributed by atoms with E-state index >= 15 is 0 Å². The van der Waals surface area contributed by atoms with Gasteiger partial charge in [-0.3, -0.25) is 9.59 Å². The molecule has 0 bridgehead atoms. The van der Waals surface area contributed by atoms with Gasteiger partial charge in [0.1, 0.15) is 21.9 Å². The number of nitrogens with one attached hydrogen (secondary N) is 1. The summed E-state index contributed by atoms with van der Waals surface area (Å²) in [7, 11) is 0. The fourth-order valence-corrected chi connectivity index (χ4v) is 4.84. The molecule has 0 unspecified atom stereocenters. The number of hydrogen-bond acceptors (Lipinski definition) is 9. The minimum atomic E-state index is -0.817. The standard InChI is InChI=1S/C27H21N3O7S/c1-3-35-17-11-9-16(10-12-17)30-25(32)21-19(22(29-30)27(34)36-4-2)14-38-24(21)28-23(31)18-13-15-7-5-6-8-20(15)37-26(18)33/h5-14H,3-4H2,1-2H3,(H,28,31). The van der Waals surface area contributed by atoms with E-state index in [9.17, 15) is 19.2 Å². The average molecular weight is 532 g/mol. The zero-order valence-electron chi connectivity index (χ0n) is 20.3. The van der Waals surface area contributed by atoms with E-state index in [0.717, 1.165) is 16.0 Å². The van der Waals surface area contributed by atoms with Crippen LogP contribution in [0.15, 0.2) is 74.0 Å². The summed E-state index contributed by atoms with van der Waals surface area (Å²) in [5, 5.41) is 9.45. The van der Waals surface area contributed by atoms with Gasteiger partial charge in [-0.25, -0.2) is 9.59 Å². The Bertz CT molecular complexity index is 1800. The van der Waals surface area contributed by atoms with E-state index in [1.807, 2.05) is 6.92 Å². The predicted octanol–water partition coefficient (Wildman–Crippen LogP) is 4.38. The van der Waals surface area contributed by atoms with Crippen molar-refractivity contribution in [2.45, 2.75) is 13.8 Å². The number of amides is 1. The molecule has 1 N–H and O–H groups in total. The number of nitrogens with zero attached hydrogens (tertiary/aromatic N) is 2. The van der Waals surface area contributed by atoms with Crippen molar-refractivity contribution in [3.05, 3.63) is 92.0 Å². The molecule has 5 rings (SSSR count). The van der Waals surface area contributed by atoms with Crippen LogP contribution in [0.2, 0.25) is 0 Å². The van der Waals surface area contributed by atoms with Gasteiger partial charge in [0.2, 0.25) is 0 Å². The van der Waals surface area contributed by atoms with E-state index in [1.54, 1.807) is 55.5 Å². The number of aromatic nitrogens is 2. The topological polar surface area (TPSA) is 130 Å². The second-order valence-corrected chi connectivity index (χ2v) is 8.89. The largest absolute Gasteiger partial charge is 0.494 e. The maximum absolute atomic E-state index is 13.6. The summed E-state index contributed by atoms with van der Waals surface area (Å²) in [6.07, 6.45) is 0. The summed E-state index contributed by atoms with van der Waals surface area (Å²) in [4.78, 5) is 52.0. The molecule has 0 fully saturated rings. The highest BCUT2D eigenvalue weighted by molar-refractivity contribution is 7.16. The van der Waals surface area contributed by atoms with Crippen molar-refractivity contribution in [3.63, 3.8) is 0 Å². The minimum absolute atomic E-state index is 0.0560. The highest BCUT2D eigenvalue weighted by atomic mass is 32.1. The zero-order chi connectivity index (χ0) is 26.8. The molecule has 3 aromatic heterocycles. The maximum Gasteiger partial charge on any atom is 0.359 e. The zero-order valence-corrected chi connectivity index (χ0v) is 21.2. The van der Waals surface area contributed by atoms with Gasteiger partial charge in [0.15, 0.2) is 5.69 Å². The van der Waals surface area contributed by atoms with Crippen LogP contribution in [-0.2, 0) is 4.74 Å². The molecule has 0 aliphatic rings. The van der Waals surface area contributed by atoms with Crippen molar-refractivity contribution in [2.24, 2.45) is 0 Å². The molecule has 3 heterocycles. The van der Waals surface area contributed by atoms with E-state index < -0.39 is 23.1 Å². The van der Waals surface area contributed by atoms with Gasteiger partial charge in [-0.1, -0.05) is 18.2 Å². The minimum Gasteiger partial charge on any atom is -0.494 e. The third-order valence-electron chi connectivity index (χ3n) is 5.63. The molecule has 0 saturated heterocycles. The van der Waals surface area contributed by atoms with Crippen LogP contribution in [0.4, 0.5) is 5.00 Å². The third-order valence-corrected chi connectivity index (χ3v) is 6.52. The first-order valence-electron chi connectivity index (χ1n) is 11.7. The van der Waals surface area contributed by atoms with Crippen molar-refractivity contribution < 1.29 is 23.5 Å². The number of anilines is 1. The highest BCUT2D eigenvalue weighted by Crippen LogP contribution is 2.31. The van der Waals surface area contributed by atoms with Gasteiger partial charge in [0, 0.05) is 16.2 Å². The number of benzene rings is 2. The van der Waals surface area contributed by atoms with Crippen molar-refractivity contribution in [3.8, 4) is 11.4 Å². The van der Waals surface area contributed by atoms with E-state index in [4.69, 9.17) is 13.9 Å². The van der Waals surface area contributed by atoms with Crippen LogP contribution < -0.4 is 21.2 Å². The molecule has 1 amide bonds. The predicted molar refractivity (Wildman–Crippen MR) is 143 cm³/mol. The van der Waals surface area contributed by atoms with E-state index in [0.29, 0.717) is 29.0 Å². The summed E-state index contributed by atoms with van der Waals surface area (Å²) in [5.74, 6) is -0.869. The van der Waals surface area contributed by atoms with E-state index in [1.165, 1.54) is 11.4 Å². The van der Waals surface area contributed by atoms with Gasteiger partial charge in [0.05, 0.1) is 24.3 Å². The smallest absolute Gasteiger partial charge is 0.359 e. The number of rotatable bonds is 7. The van der Waals surface area contributed by atoms with Gasteiger partial charge >= 0.3 is 11.6 Å². The van der Waals surface area contributed by atoms with Crippen molar-refractivity contribution in [1.29, 1.82) is 0 Å². The first-order chi connectivity index (χ1) is 18.4. The number of fused-ring (bicyclic) bond motifs is 2. The summed E-state index contributed by atoms with van der Waals surface area (Å²) in [5.41, 5.74) is -0.973. The molecule has 0 aliphatic carbocycles. The first-order valence-corrected chi connectivity index (χ1v) is 12.6. The molecule has 10 nitrogen and oxygen atoms in total. The van der Waals surface area contributed by atoms with Crippen LogP contribution in [0.25, 0.3) is 27.4 Å². The Morgan fingerprint density at radius 1 is 1.05 bits per heavy atom. The lowest BCUT2D eigenvalue weighted by Gasteiger charge is -2.10. The second-order valence-electron chi connectivity index (χ2n) is 8.01. The maximum atomic E-state index is 13.6. The molecule has 0 atom stereocenters. The van der Waals surface area contributed by atoms with E-state index in [2.05, 4.69) is 10.4 Å². The number of carbonyl (C=O) groups is 2. The number of para-hydroxylation sites is 1. The summed E-state index contributed by atoms with van der Waals surface area (Å²) >= 11 is 1.03. The Morgan fingerprint density at radius 2 is 1.82 bits per heavy atom. The van der Waals surface area contributed by atoms with Crippen molar-refractivity contribution >= 4 is 50.0 Å². The average Bonchev–Trinajstić information content (AvgIpc) is 3.33. The second kappa shape index (κ2) is 10.3. The number of carbonyl (C=O) groups excluding carboxylic acids is 2. The van der Waals surface area contributed by atoms with Crippen molar-refractivity contribution in [1.82, 2.24) is 9.78 Å². The number of hydrogen-bond donors (Lipinski definition) is 1. The van der Waals surface area contributed by atoms with Crippen LogP contribution in [-0.4, -0.2) is 34.9 Å². The van der Waals surface area contributed by atoms with Crippen LogP contribution in [0.5, 0.6) is 5.75 Å². The van der Waals surface area contributed by atoms with Gasteiger partial charge in [-0.15, -0.1) is 11.3 Å². The molecular weight excluding hydrogens is 510 g/mol.